The Bertz CT molecular complexity index is 447. The van der Waals surface area contributed by atoms with E-state index in [9.17, 15) is 0 Å². The molecular formula is C35H72O6. The summed E-state index contributed by atoms with van der Waals surface area (Å²) in [5.41, 5.74) is 0. The van der Waals surface area contributed by atoms with E-state index in [4.69, 9.17) is 30.0 Å². The Labute approximate surface area is 255 Å². The number of hydrogen-bond donors (Lipinski definition) is 4. The van der Waals surface area contributed by atoms with E-state index in [1.165, 1.54) is 173 Å². The normalized spacial score (nSPS) is 14.9. The Morgan fingerprint density at radius 2 is 0.585 bits per heavy atom. The molecule has 2 saturated carbocycles. The van der Waals surface area contributed by atoms with Crippen LogP contribution < -0.4 is 0 Å². The third-order valence-corrected chi connectivity index (χ3v) is 7.99. The summed E-state index contributed by atoms with van der Waals surface area (Å²) in [7, 11) is 0. The number of carbonyl (C=O) groups is 2. The van der Waals surface area contributed by atoms with Crippen LogP contribution >= 0.6 is 0 Å². The standard InChI is InChI=1S/C19H40.2C7H14.2CH2O3/c1-3-5-7-9-11-13-15-17-19-18-16-14-12-10-8-6-4-2;2*1-7-5-3-2-4-6-7;2*2-1(3)4/h3-19H2,1-2H3;2*7H,2-6H2,1H3;2*(H2,2,3,4). The molecule has 0 aromatic carbocycles. The predicted octanol–water partition coefficient (Wildman–Crippen LogP) is 13.3. The lowest BCUT2D eigenvalue weighted by molar-refractivity contribution is 0.135. The molecule has 0 saturated heterocycles. The van der Waals surface area contributed by atoms with Crippen LogP contribution in [0.15, 0.2) is 0 Å². The van der Waals surface area contributed by atoms with Gasteiger partial charge in [0.1, 0.15) is 0 Å². The molecule has 2 aliphatic carbocycles. The van der Waals surface area contributed by atoms with Gasteiger partial charge < -0.3 is 20.4 Å². The van der Waals surface area contributed by atoms with Gasteiger partial charge in [-0.15, -0.1) is 0 Å². The highest BCUT2D eigenvalue weighted by atomic mass is 16.6. The molecule has 0 aromatic heterocycles. The fourth-order valence-electron chi connectivity index (χ4n) is 5.41. The highest BCUT2D eigenvalue weighted by Crippen LogP contribution is 2.22. The van der Waals surface area contributed by atoms with Gasteiger partial charge in [-0.05, 0) is 11.8 Å². The maximum atomic E-state index is 8.56. The van der Waals surface area contributed by atoms with E-state index in [1.54, 1.807) is 0 Å². The van der Waals surface area contributed by atoms with Gasteiger partial charge in [0, 0.05) is 0 Å². The van der Waals surface area contributed by atoms with Gasteiger partial charge in [0.25, 0.3) is 0 Å². The van der Waals surface area contributed by atoms with Crippen LogP contribution in [0, 0.1) is 11.8 Å². The van der Waals surface area contributed by atoms with E-state index < -0.39 is 12.3 Å². The monoisotopic (exact) mass is 589 g/mol. The summed E-state index contributed by atoms with van der Waals surface area (Å²) in [6.45, 7) is 9.31. The highest BCUT2D eigenvalue weighted by Gasteiger charge is 2.06. The topological polar surface area (TPSA) is 115 Å². The average molecular weight is 589 g/mol. The summed E-state index contributed by atoms with van der Waals surface area (Å²) in [5.74, 6) is 2.07. The minimum atomic E-state index is -1.83. The molecular weight excluding hydrogens is 516 g/mol. The SMILES string of the molecule is CC1CCCCC1.CC1CCCCC1.CCCCCCCCCCCCCCCCCCC.O=C(O)O.O=C(O)O. The van der Waals surface area contributed by atoms with Crippen molar-refractivity contribution in [3.05, 3.63) is 0 Å². The van der Waals surface area contributed by atoms with Crippen molar-refractivity contribution in [2.75, 3.05) is 0 Å². The van der Waals surface area contributed by atoms with Crippen LogP contribution in [0.1, 0.15) is 201 Å². The summed E-state index contributed by atoms with van der Waals surface area (Å²) in [4.78, 5) is 17.1. The van der Waals surface area contributed by atoms with E-state index in [0.717, 1.165) is 11.8 Å². The first-order chi connectivity index (χ1) is 19.7. The molecule has 0 unspecified atom stereocenters. The first-order valence-electron chi connectivity index (χ1n) is 17.5. The first-order valence-corrected chi connectivity index (χ1v) is 17.5. The molecule has 0 aliphatic heterocycles. The van der Waals surface area contributed by atoms with Crippen molar-refractivity contribution in [1.29, 1.82) is 0 Å². The van der Waals surface area contributed by atoms with Crippen molar-refractivity contribution in [2.45, 2.75) is 201 Å². The molecule has 2 rings (SSSR count). The minimum Gasteiger partial charge on any atom is -0.450 e. The molecule has 2 fully saturated rings. The molecule has 0 atom stereocenters. The minimum absolute atomic E-state index is 1.04. The lowest BCUT2D eigenvalue weighted by Gasteiger charge is -2.15. The van der Waals surface area contributed by atoms with Gasteiger partial charge >= 0.3 is 12.3 Å². The van der Waals surface area contributed by atoms with E-state index in [0.29, 0.717) is 0 Å². The number of hydrogen-bond acceptors (Lipinski definition) is 2. The Kier molecular flexibility index (Phi) is 41.3. The quantitative estimate of drug-likeness (QED) is 0.133. The predicted molar refractivity (Wildman–Crippen MR) is 176 cm³/mol. The van der Waals surface area contributed by atoms with Gasteiger partial charge in [0.15, 0.2) is 0 Å². The molecule has 6 heteroatoms. The largest absolute Gasteiger partial charge is 0.503 e. The lowest BCUT2D eigenvalue weighted by Crippen LogP contribution is -1.99. The van der Waals surface area contributed by atoms with Crippen LogP contribution in [-0.4, -0.2) is 32.7 Å². The van der Waals surface area contributed by atoms with Gasteiger partial charge in [-0.25, -0.2) is 9.59 Å². The van der Waals surface area contributed by atoms with E-state index in [2.05, 4.69) is 27.7 Å². The molecule has 0 heterocycles. The van der Waals surface area contributed by atoms with Gasteiger partial charge in [-0.2, -0.15) is 0 Å². The molecule has 4 N–H and O–H groups in total. The summed E-state index contributed by atoms with van der Waals surface area (Å²) < 4.78 is 0. The molecule has 6 nitrogen and oxygen atoms in total. The Morgan fingerprint density at radius 1 is 0.415 bits per heavy atom. The van der Waals surface area contributed by atoms with Crippen molar-refractivity contribution in [3.8, 4) is 0 Å². The molecule has 0 radical (unpaired) electrons. The van der Waals surface area contributed by atoms with Gasteiger partial charge in [-0.3, -0.25) is 0 Å². The number of carboxylic acid groups (broad SMARTS) is 4. The zero-order valence-corrected chi connectivity index (χ0v) is 27.9. The van der Waals surface area contributed by atoms with E-state index in [-0.39, 0.29) is 0 Å². The molecule has 0 spiro atoms. The molecule has 0 amide bonds. The molecule has 248 valence electrons. The maximum Gasteiger partial charge on any atom is 0.503 e. The van der Waals surface area contributed by atoms with Crippen molar-refractivity contribution in [3.63, 3.8) is 0 Å². The van der Waals surface area contributed by atoms with Crippen molar-refractivity contribution >= 4 is 12.3 Å². The summed E-state index contributed by atoms with van der Waals surface area (Å²) in [5, 5.41) is 27.9. The van der Waals surface area contributed by atoms with Gasteiger partial charge in [0.05, 0.1) is 0 Å². The van der Waals surface area contributed by atoms with Crippen molar-refractivity contribution < 1.29 is 30.0 Å². The number of unbranched alkanes of at least 4 members (excludes halogenated alkanes) is 16. The van der Waals surface area contributed by atoms with Crippen LogP contribution in [-0.2, 0) is 0 Å². The van der Waals surface area contributed by atoms with E-state index in [1.807, 2.05) is 0 Å². The van der Waals surface area contributed by atoms with Crippen LogP contribution in [0.4, 0.5) is 9.59 Å². The molecule has 0 aromatic rings. The summed E-state index contributed by atoms with van der Waals surface area (Å²) >= 11 is 0. The third-order valence-electron chi connectivity index (χ3n) is 7.99. The smallest absolute Gasteiger partial charge is 0.450 e. The molecule has 0 bridgehead atoms. The second-order valence-corrected chi connectivity index (χ2v) is 12.4. The lowest BCUT2D eigenvalue weighted by atomic mass is 9.91. The average Bonchev–Trinajstić information content (AvgIpc) is 2.92. The fourth-order valence-corrected chi connectivity index (χ4v) is 5.41. The fraction of sp³-hybridized carbons (Fsp3) is 0.943. The van der Waals surface area contributed by atoms with Crippen LogP contribution in [0.2, 0.25) is 0 Å². The summed E-state index contributed by atoms with van der Waals surface area (Å²) in [6, 6.07) is 0. The van der Waals surface area contributed by atoms with Crippen molar-refractivity contribution in [2.24, 2.45) is 11.8 Å². The van der Waals surface area contributed by atoms with Crippen LogP contribution in [0.25, 0.3) is 0 Å². The zero-order valence-electron chi connectivity index (χ0n) is 27.9. The molecule has 41 heavy (non-hydrogen) atoms. The zero-order chi connectivity index (χ0) is 31.4. The summed E-state index contributed by atoms with van der Waals surface area (Å²) in [6.07, 6.45) is 36.1. The van der Waals surface area contributed by atoms with Gasteiger partial charge in [0.2, 0.25) is 0 Å². The Balaban J connectivity index is -0.000000529. The number of rotatable bonds is 16. The highest BCUT2D eigenvalue weighted by molar-refractivity contribution is 5.53. The third kappa shape index (κ3) is 55.2. The van der Waals surface area contributed by atoms with E-state index >= 15 is 0 Å². The molecule has 2 aliphatic rings. The van der Waals surface area contributed by atoms with Crippen LogP contribution in [0.3, 0.4) is 0 Å². The van der Waals surface area contributed by atoms with Gasteiger partial charge in [-0.1, -0.05) is 201 Å². The maximum absolute atomic E-state index is 8.56. The second-order valence-electron chi connectivity index (χ2n) is 12.4. The Morgan fingerprint density at radius 3 is 0.707 bits per heavy atom. The first kappa shape index (κ1) is 44.0. The van der Waals surface area contributed by atoms with Crippen LogP contribution in [0.5, 0.6) is 0 Å². The Hall–Kier alpha value is -1.46. The van der Waals surface area contributed by atoms with Crippen molar-refractivity contribution in [1.82, 2.24) is 0 Å². The second kappa shape index (κ2) is 38.5.